The maximum atomic E-state index is 15.0. The van der Waals surface area contributed by atoms with Crippen molar-refractivity contribution >= 4 is 72.2 Å². The Morgan fingerprint density at radius 3 is 2.02 bits per heavy atom. The quantitative estimate of drug-likeness (QED) is 0.0781. The number of nitrogens with zero attached hydrogens (tertiary/aromatic N) is 7. The van der Waals surface area contributed by atoms with Crippen molar-refractivity contribution in [3.8, 4) is 28.5 Å². The summed E-state index contributed by atoms with van der Waals surface area (Å²) in [6.07, 6.45) is 2.96. The first-order chi connectivity index (χ1) is 29.4. The predicted octanol–water partition coefficient (Wildman–Crippen LogP) is 7.50. The Kier molecular flexibility index (Phi) is 13.6. The number of aromatic hydroxyl groups is 1. The van der Waals surface area contributed by atoms with Crippen LogP contribution in [-0.4, -0.2) is 73.2 Å². The largest absolute Gasteiger partial charge is 0.501 e. The second kappa shape index (κ2) is 19.5. The fourth-order valence-electron chi connectivity index (χ4n) is 5.13. The van der Waals surface area contributed by atoms with Gasteiger partial charge in [0.05, 0.1) is 68.3 Å². The van der Waals surface area contributed by atoms with E-state index in [-0.39, 0.29) is 77.5 Å². The summed E-state index contributed by atoms with van der Waals surface area (Å²) in [5.41, 5.74) is -0.0110. The molecule has 0 unspecified atom stereocenters. The van der Waals surface area contributed by atoms with Gasteiger partial charge >= 0.3 is 11.4 Å². The lowest BCUT2D eigenvalue weighted by Crippen LogP contribution is -2.22. The van der Waals surface area contributed by atoms with E-state index >= 15 is 0 Å². The Morgan fingerprint density at radius 2 is 1.48 bits per heavy atom. The van der Waals surface area contributed by atoms with E-state index in [9.17, 15) is 48.1 Å². The average Bonchev–Trinajstić information content (AvgIpc) is 3.98. The predicted molar refractivity (Wildman–Crippen MR) is 217 cm³/mol. The van der Waals surface area contributed by atoms with Crippen molar-refractivity contribution in [1.29, 1.82) is 0 Å². The van der Waals surface area contributed by atoms with Gasteiger partial charge in [-0.25, -0.2) is 13.2 Å². The number of aromatic nitrogens is 5. The van der Waals surface area contributed by atoms with Gasteiger partial charge in [-0.05, 0) is 71.0 Å². The van der Waals surface area contributed by atoms with Crippen LogP contribution in [0, 0.1) is 64.4 Å². The van der Waals surface area contributed by atoms with Crippen LogP contribution < -0.4 is 25.4 Å². The van der Waals surface area contributed by atoms with Crippen LogP contribution >= 0.6 is 31.9 Å². The molecule has 60 heavy (non-hydrogen) atoms. The van der Waals surface area contributed by atoms with E-state index in [1.54, 1.807) is 14.0 Å². The molecule has 3 aromatic carbocycles. The van der Waals surface area contributed by atoms with Gasteiger partial charge in [0, 0.05) is 47.3 Å². The Morgan fingerprint density at radius 1 is 0.900 bits per heavy atom. The number of phenols is 1. The minimum absolute atomic E-state index is 0.0131. The number of rotatable bonds is 10. The Labute approximate surface area is 359 Å². The van der Waals surface area contributed by atoms with Gasteiger partial charge in [0.25, 0.3) is 5.91 Å². The number of aryl methyl sites for hydroxylation is 1. The van der Waals surface area contributed by atoms with Gasteiger partial charge in [0.15, 0.2) is 17.3 Å². The van der Waals surface area contributed by atoms with Crippen LogP contribution in [0.2, 0.25) is 0 Å². The fourth-order valence-corrected chi connectivity index (χ4v) is 6.08. The third-order valence-electron chi connectivity index (χ3n) is 8.51. The molecule has 2 aromatic heterocycles. The van der Waals surface area contributed by atoms with Crippen molar-refractivity contribution in [2.45, 2.75) is 33.6 Å². The summed E-state index contributed by atoms with van der Waals surface area (Å²) in [7, 11) is 4.29. The summed E-state index contributed by atoms with van der Waals surface area (Å²) in [6.45, 7) is 1.68. The second-order valence-corrected chi connectivity index (χ2v) is 14.1. The fraction of sp³-hybridized carbons (Fsp3) is 0.278. The van der Waals surface area contributed by atoms with Crippen LogP contribution in [0.3, 0.4) is 0 Å². The first-order valence-electron chi connectivity index (χ1n) is 18.4. The van der Waals surface area contributed by atoms with Crippen LogP contribution in [0.1, 0.15) is 44.1 Å². The molecule has 2 heterocycles. The molecular weight excluding hydrogens is 933 g/mol. The highest BCUT2D eigenvalue weighted by Crippen LogP contribution is 2.42. The number of nitrogens with one attached hydrogen (secondary N) is 3. The van der Waals surface area contributed by atoms with Crippen LogP contribution in [-0.2, 0) is 11.8 Å². The number of ether oxygens (including phenoxy) is 2. The molecule has 0 radical (unpaired) electrons. The second-order valence-electron chi connectivity index (χ2n) is 12.5. The Balaban J connectivity index is 0.000000263. The van der Waals surface area contributed by atoms with Crippen molar-refractivity contribution in [1.82, 2.24) is 30.5 Å². The van der Waals surface area contributed by atoms with E-state index in [0.29, 0.717) is 17.3 Å². The minimum Gasteiger partial charge on any atom is -0.501 e. The lowest BCUT2D eigenvalue weighted by molar-refractivity contribution is -0.386. The van der Waals surface area contributed by atoms with E-state index in [0.717, 1.165) is 25.0 Å². The standard InChI is InChI=1S/C21H23FN8O3.C8H7BrFNO3.C7H5BrFNO3/c1-10-12(22)7-14(19(33-4)17(10)15-9-24-30(3)29-15)25-13-8-16(26-20(31)11-5-6-11)27-28-18(13)21(32)23-2;1-4-5(10)3-6(11(12)13)8(14-2)7(4)9;1-3-4(9)2-5(10(12)13)7(11)6(3)8/h7-9,11H,5-6H2,1-4H3,(H,23,32)(H2,25,26,27,31);3H,1-2H3;2,11H,1H3/i2D3;;. The SMILES string of the molecule is COc1c([N+](=O)[O-])cc(F)c(C)c1Br.Cc1c(F)cc([N+](=O)[O-])c(O)c1Br.[2H]C([2H])([2H])NC(=O)c1nnc(NC(=O)C2CC2)cc1Nc1cc(F)c(C)c(-c2cnn(C)n2)c1OC. The number of carbonyl (C=O) groups excluding carboxylic acids is 2. The molecule has 4 N–H and O–H groups in total. The van der Waals surface area contributed by atoms with E-state index in [2.05, 4.69) is 62.9 Å². The molecule has 5 aromatic rings. The van der Waals surface area contributed by atoms with Crippen molar-refractivity contribution in [2.75, 3.05) is 31.8 Å². The summed E-state index contributed by atoms with van der Waals surface area (Å²) in [5.74, 6) is -3.68. The van der Waals surface area contributed by atoms with Gasteiger partial charge < -0.3 is 30.5 Å². The molecule has 318 valence electrons. The number of nitro groups is 2. The van der Waals surface area contributed by atoms with E-state index in [1.165, 1.54) is 45.1 Å². The molecule has 0 spiro atoms. The molecule has 0 atom stereocenters. The molecule has 1 saturated carbocycles. The molecule has 1 aliphatic carbocycles. The molecule has 19 nitrogen and oxygen atoms in total. The topological polar surface area (TPSA) is 252 Å². The highest BCUT2D eigenvalue weighted by molar-refractivity contribution is 9.11. The van der Waals surface area contributed by atoms with Crippen molar-refractivity contribution in [2.24, 2.45) is 13.0 Å². The lowest BCUT2D eigenvalue weighted by atomic mass is 10.0. The first kappa shape index (κ1) is 41.7. The van der Waals surface area contributed by atoms with Gasteiger partial charge in [-0.3, -0.25) is 29.8 Å². The van der Waals surface area contributed by atoms with Crippen LogP contribution in [0.4, 0.5) is 41.7 Å². The summed E-state index contributed by atoms with van der Waals surface area (Å²) < 4.78 is 73.7. The Bertz CT molecular complexity index is 2620. The molecule has 0 saturated heterocycles. The van der Waals surface area contributed by atoms with Crippen LogP contribution in [0.5, 0.6) is 17.2 Å². The smallest absolute Gasteiger partial charge is 0.315 e. The van der Waals surface area contributed by atoms with E-state index in [4.69, 9.17) is 13.6 Å². The van der Waals surface area contributed by atoms with Crippen molar-refractivity contribution in [3.05, 3.63) is 99.5 Å². The maximum Gasteiger partial charge on any atom is 0.315 e. The summed E-state index contributed by atoms with van der Waals surface area (Å²) in [4.78, 5) is 45.5. The molecular formula is C36H35Br2F3N10O9. The minimum atomic E-state index is -2.79. The summed E-state index contributed by atoms with van der Waals surface area (Å²) in [5, 5.41) is 53.3. The number of carbonyl (C=O) groups is 2. The molecule has 1 aliphatic rings. The third kappa shape index (κ3) is 10.4. The number of hydrogen-bond donors (Lipinski definition) is 4. The molecule has 2 amide bonds. The zero-order valence-corrected chi connectivity index (χ0v) is 35.3. The average molecular weight is 972 g/mol. The number of nitro benzene ring substituents is 2. The van der Waals surface area contributed by atoms with Gasteiger partial charge in [-0.1, -0.05) is 0 Å². The van der Waals surface area contributed by atoms with Gasteiger partial charge in [-0.2, -0.15) is 15.0 Å². The molecule has 6 rings (SSSR count). The molecule has 0 aliphatic heterocycles. The van der Waals surface area contributed by atoms with Crippen molar-refractivity contribution in [3.63, 3.8) is 0 Å². The summed E-state index contributed by atoms with van der Waals surface area (Å²) in [6, 6.07) is 4.00. The number of benzene rings is 3. The molecule has 24 heteroatoms. The number of halogens is 5. The summed E-state index contributed by atoms with van der Waals surface area (Å²) >= 11 is 5.90. The number of methoxy groups -OCH3 is 2. The van der Waals surface area contributed by atoms with E-state index < -0.39 is 51.6 Å². The number of anilines is 3. The molecule has 1 fully saturated rings. The number of phenolic OH excluding ortho intramolecular Hbond substituents is 1. The van der Waals surface area contributed by atoms with Crippen molar-refractivity contribution < 1.29 is 51.3 Å². The monoisotopic (exact) mass is 969 g/mol. The third-order valence-corrected chi connectivity index (χ3v) is 10.4. The van der Waals surface area contributed by atoms with Gasteiger partial charge in [0.1, 0.15) is 23.1 Å². The lowest BCUT2D eigenvalue weighted by Gasteiger charge is -2.18. The van der Waals surface area contributed by atoms with Crippen LogP contribution in [0.25, 0.3) is 11.3 Å². The molecule has 0 bridgehead atoms. The van der Waals surface area contributed by atoms with Gasteiger partial charge in [0.2, 0.25) is 17.4 Å². The Hall–Kier alpha value is -6.43. The highest BCUT2D eigenvalue weighted by Gasteiger charge is 2.30. The first-order valence-corrected chi connectivity index (χ1v) is 18.5. The zero-order chi connectivity index (χ0) is 47.2. The number of amides is 2. The van der Waals surface area contributed by atoms with Gasteiger partial charge in [-0.15, -0.1) is 10.2 Å². The maximum absolute atomic E-state index is 15.0. The normalized spacial score (nSPS) is 12.6. The number of hydrogen-bond acceptors (Lipinski definition) is 14. The van der Waals surface area contributed by atoms with E-state index in [1.807, 2.05) is 5.32 Å². The highest BCUT2D eigenvalue weighted by atomic mass is 79.9. The van der Waals surface area contributed by atoms with Crippen LogP contribution in [0.15, 0.2) is 39.4 Å². The zero-order valence-electron chi connectivity index (χ0n) is 35.1.